The van der Waals surface area contributed by atoms with Gasteiger partial charge in [0, 0.05) is 6.20 Å². The summed E-state index contributed by atoms with van der Waals surface area (Å²) in [5.41, 5.74) is 9.82. The van der Waals surface area contributed by atoms with Crippen LogP contribution in [-0.2, 0) is 21.5 Å². The second-order valence-corrected chi connectivity index (χ2v) is 5.54. The van der Waals surface area contributed by atoms with Crippen LogP contribution < -0.4 is 11.5 Å². The van der Waals surface area contributed by atoms with E-state index in [1.807, 2.05) is 0 Å². The first-order valence-corrected chi connectivity index (χ1v) is 7.44. The molecular weight excluding hydrogens is 322 g/mol. The van der Waals surface area contributed by atoms with Gasteiger partial charge in [-0.15, -0.1) is 5.10 Å². The van der Waals surface area contributed by atoms with E-state index >= 15 is 0 Å². The number of hydrogen-bond acceptors (Lipinski definition) is 9. The molecule has 0 spiro atoms. The summed E-state index contributed by atoms with van der Waals surface area (Å²) < 4.78 is 6.55. The first-order chi connectivity index (χ1) is 11.4. The molecule has 11 nitrogen and oxygen atoms in total. The predicted octanol–water partition coefficient (Wildman–Crippen LogP) is -3.93. The Morgan fingerprint density at radius 3 is 2.42 bits per heavy atom. The Morgan fingerprint density at radius 2 is 1.92 bits per heavy atom. The fraction of sp³-hybridized carbons (Fsp3) is 0.769. The van der Waals surface area contributed by atoms with Crippen LogP contribution in [0.25, 0.3) is 0 Å². The third-order valence-electron chi connectivity index (χ3n) is 3.69. The second-order valence-electron chi connectivity index (χ2n) is 5.54. The fourth-order valence-corrected chi connectivity index (χ4v) is 1.88. The number of carbonyl (C=O) groups is 1. The second kappa shape index (κ2) is 9.61. The van der Waals surface area contributed by atoms with Gasteiger partial charge in [-0.3, -0.25) is 4.79 Å². The van der Waals surface area contributed by atoms with E-state index in [4.69, 9.17) is 26.4 Å². The van der Waals surface area contributed by atoms with Gasteiger partial charge in [0.15, 0.2) is 0 Å². The molecule has 0 saturated heterocycles. The zero-order valence-electron chi connectivity index (χ0n) is 13.3. The summed E-state index contributed by atoms with van der Waals surface area (Å²) in [6.07, 6.45) is 1.29. The molecule has 0 unspecified atom stereocenters. The number of nitrogens with zero attached hydrogens (tertiary/aromatic N) is 3. The van der Waals surface area contributed by atoms with E-state index in [1.165, 1.54) is 10.9 Å². The number of aliphatic hydroxyl groups excluding tert-OH is 4. The molecule has 0 saturated carbocycles. The lowest BCUT2D eigenvalue weighted by Gasteiger charge is -2.30. The normalized spacial score (nSPS) is 13.4. The van der Waals surface area contributed by atoms with Gasteiger partial charge in [-0.05, 0) is 12.8 Å². The van der Waals surface area contributed by atoms with Gasteiger partial charge in [0.2, 0.25) is 5.91 Å². The molecule has 138 valence electrons. The summed E-state index contributed by atoms with van der Waals surface area (Å²) in [5.74, 6) is -0.616. The maximum Gasteiger partial charge on any atom is 0.234 e. The number of aliphatic hydroxyl groups is 4. The van der Waals surface area contributed by atoms with Gasteiger partial charge >= 0.3 is 0 Å². The van der Waals surface area contributed by atoms with E-state index in [-0.39, 0.29) is 13.0 Å². The molecule has 1 aromatic rings. The van der Waals surface area contributed by atoms with Gasteiger partial charge in [0.05, 0.1) is 44.8 Å². The van der Waals surface area contributed by atoms with E-state index in [9.17, 15) is 15.0 Å². The molecule has 1 rings (SSSR count). The zero-order chi connectivity index (χ0) is 18.2. The van der Waals surface area contributed by atoms with Gasteiger partial charge in [0.25, 0.3) is 0 Å². The van der Waals surface area contributed by atoms with Crippen LogP contribution >= 0.6 is 0 Å². The highest BCUT2D eigenvalue weighted by atomic mass is 16.5. The largest absolute Gasteiger partial charge is 0.394 e. The molecule has 0 fully saturated rings. The molecule has 0 aliphatic rings. The standard InChI is InChI=1S/C13H25N5O6/c14-11(12(15)23)2-1-9-3-18(17-16-9)13(6-21,7-22)8-24-10(4-19)5-20/h3,10-11,19-22H,1-2,4-8,14H2,(H2,15,23)/t11-/m1/s1. The maximum atomic E-state index is 10.9. The lowest BCUT2D eigenvalue weighted by Crippen LogP contribution is -2.47. The third-order valence-corrected chi connectivity index (χ3v) is 3.69. The number of carbonyl (C=O) groups excluding carboxylic acids is 1. The van der Waals surface area contributed by atoms with Crippen molar-refractivity contribution in [2.24, 2.45) is 11.5 Å². The molecule has 1 heterocycles. The number of aryl methyl sites for hydroxylation is 1. The molecule has 1 aromatic heterocycles. The summed E-state index contributed by atoms with van der Waals surface area (Å²) in [6, 6.07) is -0.797. The van der Waals surface area contributed by atoms with Crippen LogP contribution in [0.3, 0.4) is 0 Å². The summed E-state index contributed by atoms with van der Waals surface area (Å²) >= 11 is 0. The zero-order valence-corrected chi connectivity index (χ0v) is 13.3. The van der Waals surface area contributed by atoms with Gasteiger partial charge in [-0.25, -0.2) is 4.68 Å². The monoisotopic (exact) mass is 347 g/mol. The van der Waals surface area contributed by atoms with Crippen molar-refractivity contribution in [1.29, 1.82) is 0 Å². The van der Waals surface area contributed by atoms with E-state index in [0.717, 1.165) is 0 Å². The van der Waals surface area contributed by atoms with Gasteiger partial charge in [-0.1, -0.05) is 5.21 Å². The molecule has 8 N–H and O–H groups in total. The van der Waals surface area contributed by atoms with Crippen LogP contribution in [0.2, 0.25) is 0 Å². The SMILES string of the molecule is NC(=O)[C@H](N)CCc1cn(C(CO)(CO)COC(CO)CO)nn1. The molecule has 11 heteroatoms. The number of rotatable bonds is 12. The first kappa shape index (κ1) is 20.4. The molecule has 1 atom stereocenters. The minimum Gasteiger partial charge on any atom is -0.394 e. The average molecular weight is 347 g/mol. The molecule has 0 aliphatic heterocycles. The maximum absolute atomic E-state index is 10.9. The Hall–Kier alpha value is -1.63. The summed E-state index contributed by atoms with van der Waals surface area (Å²) in [4.78, 5) is 10.9. The highest BCUT2D eigenvalue weighted by Crippen LogP contribution is 2.17. The lowest BCUT2D eigenvalue weighted by atomic mass is 10.0. The minimum absolute atomic E-state index is 0.199. The summed E-state index contributed by atoms with van der Waals surface area (Å²) in [6.45, 7) is -2.02. The van der Waals surface area contributed by atoms with E-state index in [0.29, 0.717) is 12.1 Å². The number of aromatic nitrogens is 3. The Morgan fingerprint density at radius 1 is 1.29 bits per heavy atom. The number of amides is 1. The van der Waals surface area contributed by atoms with Crippen molar-refractivity contribution in [3.8, 4) is 0 Å². The van der Waals surface area contributed by atoms with Gasteiger partial charge in [0.1, 0.15) is 11.6 Å². The van der Waals surface area contributed by atoms with Crippen molar-refractivity contribution in [1.82, 2.24) is 15.0 Å². The van der Waals surface area contributed by atoms with Crippen LogP contribution in [0.1, 0.15) is 12.1 Å². The molecule has 0 aliphatic carbocycles. The van der Waals surface area contributed by atoms with Gasteiger partial charge in [-0.2, -0.15) is 0 Å². The Labute approximate surface area is 138 Å². The number of ether oxygens (including phenoxy) is 1. The number of nitrogens with two attached hydrogens (primary N) is 2. The topological polar surface area (TPSA) is 190 Å². The van der Waals surface area contributed by atoms with E-state index < -0.39 is 50.0 Å². The molecule has 0 aromatic carbocycles. The highest BCUT2D eigenvalue weighted by Gasteiger charge is 2.34. The quantitative estimate of drug-likeness (QED) is 0.219. The van der Waals surface area contributed by atoms with Crippen LogP contribution in [0.5, 0.6) is 0 Å². The first-order valence-electron chi connectivity index (χ1n) is 7.44. The highest BCUT2D eigenvalue weighted by molar-refractivity contribution is 5.79. The Kier molecular flexibility index (Phi) is 8.18. The number of primary amides is 1. The molecular formula is C13H25N5O6. The van der Waals surface area contributed by atoms with Crippen molar-refractivity contribution < 1.29 is 30.0 Å². The van der Waals surface area contributed by atoms with Crippen molar-refractivity contribution in [3.05, 3.63) is 11.9 Å². The Balaban J connectivity index is 2.80. The van der Waals surface area contributed by atoms with Crippen molar-refractivity contribution >= 4 is 5.91 Å². The average Bonchev–Trinajstić information content (AvgIpc) is 3.06. The molecule has 1 amide bonds. The van der Waals surface area contributed by atoms with Crippen LogP contribution in [0.15, 0.2) is 6.20 Å². The van der Waals surface area contributed by atoms with Crippen molar-refractivity contribution in [2.45, 2.75) is 30.5 Å². The van der Waals surface area contributed by atoms with Crippen LogP contribution in [0, 0.1) is 0 Å². The summed E-state index contributed by atoms with van der Waals surface area (Å²) in [7, 11) is 0. The van der Waals surface area contributed by atoms with Crippen molar-refractivity contribution in [2.75, 3.05) is 33.0 Å². The van der Waals surface area contributed by atoms with Crippen LogP contribution in [0.4, 0.5) is 0 Å². The molecule has 0 bridgehead atoms. The van der Waals surface area contributed by atoms with E-state index in [2.05, 4.69) is 10.3 Å². The predicted molar refractivity (Wildman–Crippen MR) is 81.6 cm³/mol. The lowest BCUT2D eigenvalue weighted by molar-refractivity contribution is -0.119. The number of hydrogen-bond donors (Lipinski definition) is 6. The smallest absolute Gasteiger partial charge is 0.234 e. The third kappa shape index (κ3) is 5.19. The van der Waals surface area contributed by atoms with E-state index in [1.54, 1.807) is 0 Å². The molecule has 24 heavy (non-hydrogen) atoms. The minimum atomic E-state index is -1.31. The van der Waals surface area contributed by atoms with Crippen molar-refractivity contribution in [3.63, 3.8) is 0 Å². The van der Waals surface area contributed by atoms with Crippen LogP contribution in [-0.4, -0.2) is 86.5 Å². The van der Waals surface area contributed by atoms with Gasteiger partial charge < -0.3 is 36.6 Å². The fourth-order valence-electron chi connectivity index (χ4n) is 1.88. The molecule has 0 radical (unpaired) electrons. The Bertz CT molecular complexity index is 503. The summed E-state index contributed by atoms with van der Waals surface area (Å²) in [5, 5.41) is 45.1.